The molecule has 1 saturated carbocycles. The molecule has 2 aromatic heterocycles. The van der Waals surface area contributed by atoms with Crippen molar-refractivity contribution in [2.75, 3.05) is 36.5 Å². The third kappa shape index (κ3) is 3.49. The fourth-order valence-corrected chi connectivity index (χ4v) is 3.54. The number of nitrogens with one attached hydrogen (secondary N) is 1. The average Bonchev–Trinajstić information content (AvgIpc) is 3.05. The van der Waals surface area contributed by atoms with Crippen molar-refractivity contribution in [3.8, 4) is 0 Å². The molecular weight excluding hydrogens is 339 g/mol. The Morgan fingerprint density at radius 1 is 1.31 bits per heavy atom. The summed E-state index contributed by atoms with van der Waals surface area (Å²) in [5, 5.41) is 17.3. The number of halogens is 1. The molecule has 2 N–H and O–H groups in total. The molecule has 9 heteroatoms. The van der Waals surface area contributed by atoms with Gasteiger partial charge in [-0.2, -0.15) is 10.1 Å². The van der Waals surface area contributed by atoms with Gasteiger partial charge in [-0.1, -0.05) is 0 Å². The normalized spacial score (nSPS) is 24.2. The maximum absolute atomic E-state index is 14.2. The van der Waals surface area contributed by atoms with Gasteiger partial charge in [0.2, 0.25) is 5.95 Å². The van der Waals surface area contributed by atoms with Gasteiger partial charge in [0.1, 0.15) is 0 Å². The number of aliphatic hydroxyl groups is 1. The summed E-state index contributed by atoms with van der Waals surface area (Å²) in [6.45, 7) is 2.33. The van der Waals surface area contributed by atoms with Gasteiger partial charge in [-0.05, 0) is 18.8 Å². The summed E-state index contributed by atoms with van der Waals surface area (Å²) < 4.78 is 21.3. The summed E-state index contributed by atoms with van der Waals surface area (Å²) in [5.41, 5.74) is 1.00. The van der Waals surface area contributed by atoms with Crippen LogP contribution >= 0.6 is 0 Å². The molecule has 0 unspecified atom stereocenters. The number of hydrogen-bond acceptors (Lipinski definition) is 7. The molecule has 0 bridgehead atoms. The van der Waals surface area contributed by atoms with Crippen LogP contribution in [-0.4, -0.2) is 57.3 Å². The highest BCUT2D eigenvalue weighted by molar-refractivity contribution is 5.45. The van der Waals surface area contributed by atoms with E-state index in [2.05, 4.69) is 20.4 Å². The molecule has 2 aliphatic rings. The van der Waals surface area contributed by atoms with Crippen molar-refractivity contribution in [1.82, 2.24) is 19.7 Å². The van der Waals surface area contributed by atoms with Crippen LogP contribution in [0.2, 0.25) is 0 Å². The van der Waals surface area contributed by atoms with E-state index in [9.17, 15) is 9.50 Å². The van der Waals surface area contributed by atoms with E-state index in [4.69, 9.17) is 4.74 Å². The minimum Gasteiger partial charge on any atom is -0.393 e. The van der Waals surface area contributed by atoms with Gasteiger partial charge < -0.3 is 20.1 Å². The minimum absolute atomic E-state index is 0.0740. The van der Waals surface area contributed by atoms with Gasteiger partial charge in [0, 0.05) is 31.9 Å². The highest BCUT2D eigenvalue weighted by Crippen LogP contribution is 2.39. The van der Waals surface area contributed by atoms with Crippen molar-refractivity contribution in [2.45, 2.75) is 25.0 Å². The molecule has 8 nitrogen and oxygen atoms in total. The van der Waals surface area contributed by atoms with E-state index < -0.39 is 5.82 Å². The number of aromatic nitrogens is 4. The number of aryl methyl sites for hydroxylation is 1. The second-order valence-corrected chi connectivity index (χ2v) is 6.92. The Bertz CT molecular complexity index is 757. The lowest BCUT2D eigenvalue weighted by Crippen LogP contribution is -2.38. The molecule has 1 atom stereocenters. The summed E-state index contributed by atoms with van der Waals surface area (Å²) in [5.74, 6) is 0.497. The number of hydrogen-bond donors (Lipinski definition) is 2. The van der Waals surface area contributed by atoms with Gasteiger partial charge in [0.15, 0.2) is 11.6 Å². The van der Waals surface area contributed by atoms with E-state index in [1.165, 1.54) is 6.20 Å². The molecule has 1 aliphatic heterocycles. The zero-order valence-electron chi connectivity index (χ0n) is 14.7. The van der Waals surface area contributed by atoms with Crippen molar-refractivity contribution in [1.29, 1.82) is 0 Å². The van der Waals surface area contributed by atoms with Crippen molar-refractivity contribution in [2.24, 2.45) is 13.0 Å². The topological polar surface area (TPSA) is 88.3 Å². The number of nitrogens with zero attached hydrogens (tertiary/aromatic N) is 5. The maximum atomic E-state index is 14.2. The SMILES string of the molecule is Cn1cc([C@H](Nc2ncc(F)c(N3CCOCC3)n2)C2CC(O)C2)cn1. The number of anilines is 2. The van der Waals surface area contributed by atoms with Crippen molar-refractivity contribution in [3.63, 3.8) is 0 Å². The first-order chi connectivity index (χ1) is 12.6. The molecular formula is C17H23FN6O2. The van der Waals surface area contributed by atoms with Crippen LogP contribution in [0, 0.1) is 11.7 Å². The smallest absolute Gasteiger partial charge is 0.225 e. The molecule has 1 aliphatic carbocycles. The standard InChI is InChI=1S/C17H23FN6O2/c1-23-10-12(8-20-23)15(11-6-13(25)7-11)21-17-19-9-14(18)16(22-17)24-2-4-26-5-3-24/h8-11,13,15,25H,2-7H2,1H3,(H,19,21,22)/t11?,13?,15-/m1/s1. The molecule has 2 fully saturated rings. The summed E-state index contributed by atoms with van der Waals surface area (Å²) >= 11 is 0. The van der Waals surface area contributed by atoms with Gasteiger partial charge in [-0.15, -0.1) is 0 Å². The van der Waals surface area contributed by atoms with E-state index in [0.717, 1.165) is 5.56 Å². The van der Waals surface area contributed by atoms with Crippen LogP contribution in [0.15, 0.2) is 18.6 Å². The Balaban J connectivity index is 1.57. The molecule has 140 valence electrons. The molecule has 1 saturated heterocycles. The molecule has 0 aromatic carbocycles. The third-order valence-corrected chi connectivity index (χ3v) is 5.03. The van der Waals surface area contributed by atoms with Gasteiger partial charge in [-0.3, -0.25) is 4.68 Å². The van der Waals surface area contributed by atoms with Gasteiger partial charge in [0.25, 0.3) is 0 Å². The Labute approximate surface area is 151 Å². The fourth-order valence-electron chi connectivity index (χ4n) is 3.54. The molecule has 26 heavy (non-hydrogen) atoms. The molecule has 2 aromatic rings. The zero-order valence-corrected chi connectivity index (χ0v) is 14.7. The minimum atomic E-state index is -0.436. The Hall–Kier alpha value is -2.26. The monoisotopic (exact) mass is 362 g/mol. The van der Waals surface area contributed by atoms with Crippen LogP contribution in [0.1, 0.15) is 24.4 Å². The van der Waals surface area contributed by atoms with Crippen LogP contribution in [0.5, 0.6) is 0 Å². The first-order valence-electron chi connectivity index (χ1n) is 8.88. The zero-order chi connectivity index (χ0) is 18.1. The predicted octanol–water partition coefficient (Wildman–Crippen LogP) is 1.11. The van der Waals surface area contributed by atoms with Gasteiger partial charge in [0.05, 0.1) is 37.8 Å². The highest BCUT2D eigenvalue weighted by Gasteiger charge is 2.36. The molecule has 3 heterocycles. The summed E-state index contributed by atoms with van der Waals surface area (Å²) in [6, 6.07) is -0.0740. The second kappa shape index (κ2) is 7.16. The largest absolute Gasteiger partial charge is 0.393 e. The number of morpholine rings is 1. The number of aliphatic hydroxyl groups excluding tert-OH is 1. The van der Waals surface area contributed by atoms with Gasteiger partial charge >= 0.3 is 0 Å². The summed E-state index contributed by atoms with van der Waals surface area (Å²) in [7, 11) is 1.86. The van der Waals surface area contributed by atoms with Crippen molar-refractivity contribution >= 4 is 11.8 Å². The first-order valence-corrected chi connectivity index (χ1v) is 8.88. The van der Waals surface area contributed by atoms with E-state index in [1.807, 2.05) is 18.1 Å². The lowest BCUT2D eigenvalue weighted by atomic mass is 9.75. The van der Waals surface area contributed by atoms with Crippen LogP contribution in [0.4, 0.5) is 16.2 Å². The van der Waals surface area contributed by atoms with Crippen LogP contribution in [0.25, 0.3) is 0 Å². The van der Waals surface area contributed by atoms with E-state index >= 15 is 0 Å². The summed E-state index contributed by atoms with van der Waals surface area (Å²) in [4.78, 5) is 10.4. The first kappa shape index (κ1) is 17.2. The van der Waals surface area contributed by atoms with Crippen molar-refractivity contribution < 1.29 is 14.2 Å². The molecule has 0 spiro atoms. The molecule has 4 rings (SSSR count). The van der Waals surface area contributed by atoms with E-state index in [0.29, 0.717) is 50.9 Å². The van der Waals surface area contributed by atoms with E-state index in [1.54, 1.807) is 10.9 Å². The Morgan fingerprint density at radius 3 is 2.73 bits per heavy atom. The molecule has 0 amide bonds. The summed E-state index contributed by atoms with van der Waals surface area (Å²) in [6.07, 6.45) is 6.10. The Kier molecular flexibility index (Phi) is 4.73. The maximum Gasteiger partial charge on any atom is 0.225 e. The second-order valence-electron chi connectivity index (χ2n) is 6.92. The lowest BCUT2D eigenvalue weighted by Gasteiger charge is -2.37. The lowest BCUT2D eigenvalue weighted by molar-refractivity contribution is 0.0338. The van der Waals surface area contributed by atoms with Crippen molar-refractivity contribution in [3.05, 3.63) is 30.0 Å². The van der Waals surface area contributed by atoms with Gasteiger partial charge in [-0.25, -0.2) is 9.37 Å². The van der Waals surface area contributed by atoms with Crippen LogP contribution in [-0.2, 0) is 11.8 Å². The molecule has 0 radical (unpaired) electrons. The fraction of sp³-hybridized carbons (Fsp3) is 0.588. The third-order valence-electron chi connectivity index (χ3n) is 5.03. The van der Waals surface area contributed by atoms with E-state index in [-0.39, 0.29) is 18.1 Å². The van der Waals surface area contributed by atoms with Crippen LogP contribution < -0.4 is 10.2 Å². The Morgan fingerprint density at radius 2 is 2.08 bits per heavy atom. The van der Waals surface area contributed by atoms with Crippen LogP contribution in [0.3, 0.4) is 0 Å². The highest BCUT2D eigenvalue weighted by atomic mass is 19.1. The predicted molar refractivity (Wildman–Crippen MR) is 93.3 cm³/mol. The number of rotatable bonds is 5. The average molecular weight is 362 g/mol. The number of ether oxygens (including phenoxy) is 1. The quantitative estimate of drug-likeness (QED) is 0.824.